The molecular formula is C8H11N3O3S. The van der Waals surface area contributed by atoms with Gasteiger partial charge in [0.15, 0.2) is 5.13 Å². The Hall–Kier alpha value is -1.02. The smallest absolute Gasteiger partial charge is 0.241 e. The number of piperidine rings is 1. The van der Waals surface area contributed by atoms with E-state index in [0.717, 1.165) is 24.2 Å². The van der Waals surface area contributed by atoms with Crippen molar-refractivity contribution in [3.8, 4) is 0 Å². The molecule has 1 amide bonds. The van der Waals surface area contributed by atoms with Crippen LogP contribution in [0.1, 0.15) is 19.3 Å². The zero-order valence-electron chi connectivity index (χ0n) is 7.97. The van der Waals surface area contributed by atoms with Gasteiger partial charge in [-0.2, -0.15) is 5.23 Å². The first-order valence-corrected chi connectivity index (χ1v) is 5.49. The van der Waals surface area contributed by atoms with Crippen LogP contribution in [0.4, 0.5) is 10.1 Å². The molecule has 1 aliphatic heterocycles. The van der Waals surface area contributed by atoms with Crippen molar-refractivity contribution in [2.75, 3.05) is 11.4 Å². The SMILES string of the molecule is O=C1CCCCN1c1ncc([NH+]([O-])O)s1. The Morgan fingerprint density at radius 3 is 3.00 bits per heavy atom. The number of quaternary nitrogens is 1. The minimum Gasteiger partial charge on any atom is -0.594 e. The number of carbonyl (C=O) groups excluding carboxylic acids is 1. The topological polar surface area (TPSA) is 80.9 Å². The normalized spacial score (nSPS) is 19.3. The molecule has 0 spiro atoms. The Morgan fingerprint density at radius 2 is 2.40 bits per heavy atom. The standard InChI is InChI=1S/C8H11N3O3S/c12-6-3-1-2-4-10(6)8-9-5-7(15-8)11(13)14/h5,11,13H,1-4H2. The summed E-state index contributed by atoms with van der Waals surface area (Å²) in [6.07, 6.45) is 3.69. The number of hydrogen-bond acceptors (Lipinski definition) is 5. The van der Waals surface area contributed by atoms with Gasteiger partial charge in [-0.05, 0) is 24.2 Å². The molecule has 1 unspecified atom stereocenters. The van der Waals surface area contributed by atoms with Crippen LogP contribution in [-0.2, 0) is 4.79 Å². The Morgan fingerprint density at radius 1 is 1.60 bits per heavy atom. The number of hydrogen-bond donors (Lipinski definition) is 2. The quantitative estimate of drug-likeness (QED) is 0.703. The summed E-state index contributed by atoms with van der Waals surface area (Å²) in [7, 11) is 0. The summed E-state index contributed by atoms with van der Waals surface area (Å²) in [5.41, 5.74) is 0. The number of nitrogens with zero attached hydrogens (tertiary/aromatic N) is 2. The average Bonchev–Trinajstić information content (AvgIpc) is 2.67. The number of thiazole rings is 1. The lowest BCUT2D eigenvalue weighted by molar-refractivity contribution is -0.989. The molecule has 7 heteroatoms. The van der Waals surface area contributed by atoms with Crippen molar-refractivity contribution >= 4 is 27.4 Å². The van der Waals surface area contributed by atoms with Gasteiger partial charge in [0.1, 0.15) is 6.20 Å². The molecule has 1 aromatic heterocycles. The Balaban J connectivity index is 2.17. The molecule has 1 aliphatic rings. The van der Waals surface area contributed by atoms with Crippen LogP contribution >= 0.6 is 11.3 Å². The van der Waals surface area contributed by atoms with Crippen LogP contribution in [0.5, 0.6) is 0 Å². The van der Waals surface area contributed by atoms with Gasteiger partial charge in [-0.25, -0.2) is 10.2 Å². The van der Waals surface area contributed by atoms with Gasteiger partial charge in [-0.15, -0.1) is 0 Å². The van der Waals surface area contributed by atoms with Gasteiger partial charge in [0.2, 0.25) is 10.9 Å². The van der Waals surface area contributed by atoms with Crippen LogP contribution in [-0.4, -0.2) is 22.6 Å². The van der Waals surface area contributed by atoms with Crippen LogP contribution in [0.2, 0.25) is 0 Å². The van der Waals surface area contributed by atoms with Crippen molar-refractivity contribution in [1.29, 1.82) is 0 Å². The Kier molecular flexibility index (Phi) is 2.96. The lowest BCUT2D eigenvalue weighted by Crippen LogP contribution is -2.98. The van der Waals surface area contributed by atoms with Crippen LogP contribution in [0.25, 0.3) is 0 Å². The van der Waals surface area contributed by atoms with E-state index in [4.69, 9.17) is 5.21 Å². The molecule has 2 N–H and O–H groups in total. The molecule has 82 valence electrons. The molecule has 1 aromatic rings. The lowest BCUT2D eigenvalue weighted by Gasteiger charge is -2.23. The monoisotopic (exact) mass is 229 g/mol. The molecule has 1 saturated heterocycles. The molecule has 2 heterocycles. The van der Waals surface area contributed by atoms with Gasteiger partial charge >= 0.3 is 0 Å². The Bertz CT molecular complexity index is 366. The zero-order valence-corrected chi connectivity index (χ0v) is 8.79. The highest BCUT2D eigenvalue weighted by molar-refractivity contribution is 7.18. The van der Waals surface area contributed by atoms with Crippen LogP contribution < -0.4 is 10.1 Å². The van der Waals surface area contributed by atoms with Crippen LogP contribution in [0, 0.1) is 5.21 Å². The number of nitrogens with one attached hydrogen (secondary N) is 1. The van der Waals surface area contributed by atoms with E-state index in [2.05, 4.69) is 4.98 Å². The largest absolute Gasteiger partial charge is 0.594 e. The summed E-state index contributed by atoms with van der Waals surface area (Å²) >= 11 is 1.05. The second-order valence-electron chi connectivity index (χ2n) is 3.31. The lowest BCUT2D eigenvalue weighted by atomic mass is 10.1. The van der Waals surface area contributed by atoms with Gasteiger partial charge in [-0.3, -0.25) is 9.69 Å². The summed E-state index contributed by atoms with van der Waals surface area (Å²) in [4.78, 5) is 17.0. The molecule has 0 aliphatic carbocycles. The van der Waals surface area contributed by atoms with E-state index >= 15 is 0 Å². The molecule has 0 radical (unpaired) electrons. The van der Waals surface area contributed by atoms with Crippen molar-refractivity contribution < 1.29 is 15.2 Å². The van der Waals surface area contributed by atoms with Crippen molar-refractivity contribution in [3.63, 3.8) is 0 Å². The molecule has 1 atom stereocenters. The third kappa shape index (κ3) is 2.15. The first kappa shape index (κ1) is 10.5. The maximum Gasteiger partial charge on any atom is 0.241 e. The first-order chi connectivity index (χ1) is 7.18. The van der Waals surface area contributed by atoms with E-state index in [1.807, 2.05) is 0 Å². The Labute approximate surface area is 90.3 Å². The van der Waals surface area contributed by atoms with Crippen molar-refractivity contribution in [3.05, 3.63) is 11.4 Å². The molecular weight excluding hydrogens is 218 g/mol. The van der Waals surface area contributed by atoms with Gasteiger partial charge in [-0.1, -0.05) is 0 Å². The number of rotatable bonds is 2. The first-order valence-electron chi connectivity index (χ1n) is 4.68. The minimum absolute atomic E-state index is 0.0348. The molecule has 0 aromatic carbocycles. The summed E-state index contributed by atoms with van der Waals surface area (Å²) in [6, 6.07) is 0. The molecule has 15 heavy (non-hydrogen) atoms. The fourth-order valence-corrected chi connectivity index (χ4v) is 2.29. The van der Waals surface area contributed by atoms with E-state index in [0.29, 0.717) is 18.1 Å². The summed E-state index contributed by atoms with van der Waals surface area (Å²) in [6.45, 7) is 0.644. The highest BCUT2D eigenvalue weighted by Crippen LogP contribution is 2.26. The molecule has 2 rings (SSSR count). The summed E-state index contributed by atoms with van der Waals surface area (Å²) < 4.78 is 0. The molecule has 6 nitrogen and oxygen atoms in total. The van der Waals surface area contributed by atoms with E-state index in [9.17, 15) is 10.0 Å². The second-order valence-corrected chi connectivity index (χ2v) is 4.32. The minimum atomic E-state index is -0.997. The summed E-state index contributed by atoms with van der Waals surface area (Å²) in [5.74, 6) is 0.0348. The zero-order chi connectivity index (χ0) is 10.8. The number of amides is 1. The van der Waals surface area contributed by atoms with E-state index in [1.54, 1.807) is 4.90 Å². The maximum atomic E-state index is 11.5. The number of carbonyl (C=O) groups is 1. The van der Waals surface area contributed by atoms with Gasteiger partial charge in [0.25, 0.3) is 0 Å². The molecule has 0 saturated carbocycles. The van der Waals surface area contributed by atoms with Crippen molar-refractivity contribution in [2.24, 2.45) is 0 Å². The second kappa shape index (κ2) is 4.23. The van der Waals surface area contributed by atoms with Crippen molar-refractivity contribution in [1.82, 2.24) is 4.98 Å². The van der Waals surface area contributed by atoms with Gasteiger partial charge in [0, 0.05) is 13.0 Å². The van der Waals surface area contributed by atoms with Gasteiger partial charge < -0.3 is 5.21 Å². The fraction of sp³-hybridized carbons (Fsp3) is 0.500. The number of aromatic nitrogens is 1. The predicted octanol–water partition coefficient (Wildman–Crippen LogP) is 0.0634. The summed E-state index contributed by atoms with van der Waals surface area (Å²) in [5, 5.41) is 19.0. The third-order valence-corrected chi connectivity index (χ3v) is 3.27. The molecule has 1 fully saturated rings. The van der Waals surface area contributed by atoms with E-state index in [1.165, 1.54) is 6.20 Å². The third-order valence-electron chi connectivity index (χ3n) is 2.26. The van der Waals surface area contributed by atoms with Crippen LogP contribution in [0.15, 0.2) is 6.20 Å². The van der Waals surface area contributed by atoms with Crippen LogP contribution in [0.3, 0.4) is 0 Å². The average molecular weight is 229 g/mol. The molecule has 0 bridgehead atoms. The number of anilines is 1. The van der Waals surface area contributed by atoms with Gasteiger partial charge in [0.05, 0.1) is 0 Å². The maximum absolute atomic E-state index is 11.5. The predicted molar refractivity (Wildman–Crippen MR) is 54.1 cm³/mol. The van der Waals surface area contributed by atoms with E-state index < -0.39 is 5.23 Å². The van der Waals surface area contributed by atoms with Crippen molar-refractivity contribution in [2.45, 2.75) is 19.3 Å². The highest BCUT2D eigenvalue weighted by Gasteiger charge is 2.23. The highest BCUT2D eigenvalue weighted by atomic mass is 32.1. The fourth-order valence-electron chi connectivity index (χ4n) is 1.50. The van der Waals surface area contributed by atoms with E-state index in [-0.39, 0.29) is 10.9 Å².